The van der Waals surface area contributed by atoms with Crippen LogP contribution in [-0.4, -0.2) is 10.4 Å². The molecule has 0 N–H and O–H groups in total. The Morgan fingerprint density at radius 2 is 1.30 bits per heavy atom. The Morgan fingerprint density at radius 3 is 1.74 bits per heavy atom. The van der Waals surface area contributed by atoms with Gasteiger partial charge in [0, 0.05) is 6.92 Å². The van der Waals surface area contributed by atoms with Crippen molar-refractivity contribution in [2.24, 2.45) is 0 Å². The number of benzene rings is 2. The molecule has 3 aromatic rings. The molecule has 140 valence electrons. The van der Waals surface area contributed by atoms with Gasteiger partial charge >= 0.3 is 0 Å². The van der Waals surface area contributed by atoms with Gasteiger partial charge in [-0.05, 0) is 63.8 Å². The van der Waals surface area contributed by atoms with E-state index in [1.165, 1.54) is 6.92 Å². The molecule has 3 rings (SSSR count). The van der Waals surface area contributed by atoms with Crippen molar-refractivity contribution < 1.29 is 14.5 Å². The van der Waals surface area contributed by atoms with Gasteiger partial charge in [-0.1, -0.05) is 35.4 Å². The van der Waals surface area contributed by atoms with Gasteiger partial charge in [0.05, 0.1) is 0 Å². The zero-order chi connectivity index (χ0) is 20.0. The highest BCUT2D eigenvalue weighted by molar-refractivity contribution is 5.94. The van der Waals surface area contributed by atoms with E-state index in [-0.39, 0.29) is 17.4 Å². The van der Waals surface area contributed by atoms with Crippen LogP contribution in [0.3, 0.4) is 0 Å². The zero-order valence-corrected chi connectivity index (χ0v) is 17.1. The van der Waals surface area contributed by atoms with Gasteiger partial charge in [-0.15, -0.1) is 0 Å². The van der Waals surface area contributed by atoms with Crippen molar-refractivity contribution in [2.45, 2.75) is 48.5 Å². The molecule has 0 atom stereocenters. The van der Waals surface area contributed by atoms with E-state index in [1.807, 2.05) is 41.5 Å². The van der Waals surface area contributed by atoms with E-state index in [0.29, 0.717) is 0 Å². The molecule has 0 bridgehead atoms. The van der Waals surface area contributed by atoms with Gasteiger partial charge in [0.1, 0.15) is 17.3 Å². The molecule has 0 radical (unpaired) electrons. The van der Waals surface area contributed by atoms with Crippen molar-refractivity contribution in [2.75, 3.05) is 0 Å². The minimum atomic E-state index is -0.281. The van der Waals surface area contributed by atoms with E-state index >= 15 is 0 Å². The fourth-order valence-corrected chi connectivity index (χ4v) is 4.20. The summed E-state index contributed by atoms with van der Waals surface area (Å²) in [6, 6.07) is 8.26. The van der Waals surface area contributed by atoms with E-state index in [9.17, 15) is 9.90 Å². The molecule has 0 spiro atoms. The van der Waals surface area contributed by atoms with Crippen LogP contribution < -0.4 is 9.67 Å². The predicted octanol–water partition coefficient (Wildman–Crippen LogP) is 3.88. The standard InChI is InChI=1S/C23H26N2O2/c1-13-8-15(3)20(16(4)9-13)24-12-25(23(27)22(24)19(7)26)21-17(5)10-14(2)11-18(21)6/h8-12H,1-7H3. The molecule has 4 nitrogen and oxygen atoms in total. The van der Waals surface area contributed by atoms with Crippen LogP contribution in [0.5, 0.6) is 5.88 Å². The highest BCUT2D eigenvalue weighted by Gasteiger charge is 2.27. The van der Waals surface area contributed by atoms with Crippen LogP contribution in [0.4, 0.5) is 0 Å². The van der Waals surface area contributed by atoms with Crippen molar-refractivity contribution in [1.82, 2.24) is 4.57 Å². The van der Waals surface area contributed by atoms with Crippen molar-refractivity contribution in [1.29, 1.82) is 0 Å². The number of ketones is 1. The Balaban J connectivity index is 2.38. The maximum Gasteiger partial charge on any atom is 0.254 e. The number of carbonyl (C=O) groups is 1. The number of rotatable bonds is 3. The van der Waals surface area contributed by atoms with Crippen molar-refractivity contribution in [3.05, 3.63) is 69.7 Å². The molecule has 4 heteroatoms. The van der Waals surface area contributed by atoms with Gasteiger partial charge in [0.15, 0.2) is 0 Å². The monoisotopic (exact) mass is 362 g/mol. The number of aromatic nitrogens is 2. The first-order valence-corrected chi connectivity index (χ1v) is 9.13. The molecule has 0 fully saturated rings. The third-order valence-electron chi connectivity index (χ3n) is 4.98. The molecule has 0 amide bonds. The van der Waals surface area contributed by atoms with Crippen LogP contribution in [0.2, 0.25) is 0 Å². The Bertz CT molecular complexity index is 1030. The van der Waals surface area contributed by atoms with E-state index < -0.39 is 0 Å². The number of imidazole rings is 1. The first-order chi connectivity index (χ1) is 12.6. The van der Waals surface area contributed by atoms with Crippen LogP contribution in [-0.2, 0) is 0 Å². The fourth-order valence-electron chi connectivity index (χ4n) is 4.20. The second-order valence-corrected chi connectivity index (χ2v) is 7.56. The molecular weight excluding hydrogens is 336 g/mol. The lowest BCUT2D eigenvalue weighted by atomic mass is 10.0. The molecule has 2 aromatic carbocycles. The Hall–Kier alpha value is -2.88. The molecule has 27 heavy (non-hydrogen) atoms. The maximum absolute atomic E-state index is 13.2. The van der Waals surface area contributed by atoms with Crippen molar-refractivity contribution in [3.63, 3.8) is 0 Å². The van der Waals surface area contributed by atoms with Gasteiger partial charge in [-0.2, -0.15) is 4.57 Å². The van der Waals surface area contributed by atoms with Crippen LogP contribution >= 0.6 is 0 Å². The summed E-state index contributed by atoms with van der Waals surface area (Å²) in [5, 5.41) is 13.2. The average Bonchev–Trinajstić information content (AvgIpc) is 2.82. The largest absolute Gasteiger partial charge is 0.839 e. The Morgan fingerprint density at radius 1 is 0.852 bits per heavy atom. The molecule has 0 aliphatic carbocycles. The van der Waals surface area contributed by atoms with Gasteiger partial charge in [-0.3, -0.25) is 4.79 Å². The van der Waals surface area contributed by atoms with Crippen LogP contribution in [0, 0.1) is 41.5 Å². The number of aryl methyl sites for hydroxylation is 6. The van der Waals surface area contributed by atoms with Gasteiger partial charge < -0.3 is 5.11 Å². The number of hydrogen-bond acceptors (Lipinski definition) is 2. The molecule has 0 saturated carbocycles. The maximum atomic E-state index is 13.2. The SMILES string of the molecule is CC(=O)c1c([O-])[n+](-c2c(C)cc(C)cc2C)cn1-c1c(C)cc(C)cc1C. The Kier molecular flexibility index (Phi) is 4.68. The van der Waals surface area contributed by atoms with Crippen LogP contribution in [0.1, 0.15) is 50.8 Å². The summed E-state index contributed by atoms with van der Waals surface area (Å²) < 4.78 is 3.37. The highest BCUT2D eigenvalue weighted by Crippen LogP contribution is 2.27. The minimum Gasteiger partial charge on any atom is -0.839 e. The van der Waals surface area contributed by atoms with E-state index in [1.54, 1.807) is 15.5 Å². The smallest absolute Gasteiger partial charge is 0.254 e. The second-order valence-electron chi connectivity index (χ2n) is 7.56. The summed E-state index contributed by atoms with van der Waals surface area (Å²) in [5.41, 5.74) is 8.33. The summed E-state index contributed by atoms with van der Waals surface area (Å²) in [7, 11) is 0. The summed E-state index contributed by atoms with van der Waals surface area (Å²) in [4.78, 5) is 12.4. The summed E-state index contributed by atoms with van der Waals surface area (Å²) in [6.07, 6.45) is 1.76. The van der Waals surface area contributed by atoms with E-state index in [2.05, 4.69) is 24.3 Å². The Labute approximate surface area is 160 Å². The third-order valence-corrected chi connectivity index (χ3v) is 4.98. The summed E-state index contributed by atoms with van der Waals surface area (Å²) in [6.45, 7) is 13.5. The van der Waals surface area contributed by atoms with E-state index in [0.717, 1.165) is 44.8 Å². The number of Topliss-reactive ketones (excluding diaryl/α,β-unsaturated/α-hetero) is 1. The lowest BCUT2D eigenvalue weighted by Gasteiger charge is -2.11. The van der Waals surface area contributed by atoms with Gasteiger partial charge in [0.2, 0.25) is 11.5 Å². The second kappa shape index (κ2) is 6.69. The fraction of sp³-hybridized carbons (Fsp3) is 0.304. The summed E-state index contributed by atoms with van der Waals surface area (Å²) in [5.74, 6) is -0.516. The molecule has 0 aliphatic rings. The first-order valence-electron chi connectivity index (χ1n) is 9.13. The first kappa shape index (κ1) is 18.9. The lowest BCUT2D eigenvalue weighted by Crippen LogP contribution is -2.34. The highest BCUT2D eigenvalue weighted by atomic mass is 16.3. The number of nitrogens with zero attached hydrogens (tertiary/aromatic N) is 2. The molecule has 0 unspecified atom stereocenters. The quantitative estimate of drug-likeness (QED) is 0.524. The molecule has 0 aliphatic heterocycles. The van der Waals surface area contributed by atoms with Crippen molar-refractivity contribution >= 4 is 5.78 Å². The topological polar surface area (TPSA) is 48.9 Å². The molecule has 1 aromatic heterocycles. The van der Waals surface area contributed by atoms with Gasteiger partial charge in [-0.25, -0.2) is 4.57 Å². The minimum absolute atomic E-state index is 0.185. The van der Waals surface area contributed by atoms with Gasteiger partial charge in [0.25, 0.3) is 6.33 Å². The third kappa shape index (κ3) is 3.16. The van der Waals surface area contributed by atoms with E-state index in [4.69, 9.17) is 0 Å². The number of hydrogen-bond donors (Lipinski definition) is 0. The van der Waals surface area contributed by atoms with Crippen LogP contribution in [0.15, 0.2) is 30.6 Å². The van der Waals surface area contributed by atoms with Crippen LogP contribution in [0.25, 0.3) is 11.4 Å². The average molecular weight is 362 g/mol. The normalized spacial score (nSPS) is 11.1. The number of carbonyl (C=O) groups excluding carboxylic acids is 1. The molecule has 0 saturated heterocycles. The zero-order valence-electron chi connectivity index (χ0n) is 17.1. The molecular formula is C23H26N2O2. The lowest BCUT2D eigenvalue weighted by molar-refractivity contribution is -0.649. The predicted molar refractivity (Wildman–Crippen MR) is 105 cm³/mol. The molecule has 1 heterocycles. The summed E-state index contributed by atoms with van der Waals surface area (Å²) >= 11 is 0. The van der Waals surface area contributed by atoms with Crippen molar-refractivity contribution in [3.8, 4) is 17.3 Å².